The van der Waals surface area contributed by atoms with Crippen LogP contribution in [0.15, 0.2) is 47.4 Å². The molecule has 0 saturated carbocycles. The van der Waals surface area contributed by atoms with Gasteiger partial charge in [-0.25, -0.2) is 13.2 Å². The van der Waals surface area contributed by atoms with Crippen molar-refractivity contribution in [3.8, 4) is 0 Å². The van der Waals surface area contributed by atoms with Crippen LogP contribution >= 0.6 is 0 Å². The number of anilines is 2. The first-order valence-corrected chi connectivity index (χ1v) is 13.2. The number of piperidine rings is 1. The first-order chi connectivity index (χ1) is 16.3. The van der Waals surface area contributed by atoms with Crippen LogP contribution < -0.4 is 10.2 Å². The van der Waals surface area contributed by atoms with E-state index in [2.05, 4.69) is 23.2 Å². The Bertz CT molecular complexity index is 1160. The molecule has 2 heterocycles. The van der Waals surface area contributed by atoms with E-state index in [-0.39, 0.29) is 36.4 Å². The molecule has 0 bridgehead atoms. The second-order valence-corrected chi connectivity index (χ2v) is 10.5. The number of rotatable bonds is 7. The number of likely N-dealkylation sites (N-methyl/N-ethyl adjacent to an activating group) is 1. The number of nitrogens with zero attached hydrogens (tertiary/aromatic N) is 2. The molecule has 2 aliphatic heterocycles. The molecule has 1 saturated heterocycles. The number of carbonyl (C=O) groups is 2. The summed E-state index contributed by atoms with van der Waals surface area (Å²) in [5, 5.41) is 3.02. The van der Waals surface area contributed by atoms with E-state index in [1.54, 1.807) is 6.92 Å². The number of benzene rings is 2. The lowest BCUT2D eigenvalue weighted by Gasteiger charge is -2.30. The lowest BCUT2D eigenvalue weighted by atomic mass is 9.97. The number of fused-ring (bicyclic) bond motifs is 1. The Balaban J connectivity index is 1.35. The molecule has 9 heteroatoms. The van der Waals surface area contributed by atoms with Crippen LogP contribution in [0.25, 0.3) is 0 Å². The zero-order chi connectivity index (χ0) is 24.3. The lowest BCUT2D eigenvalue weighted by Crippen LogP contribution is -2.41. The van der Waals surface area contributed by atoms with Crippen LogP contribution in [0.5, 0.6) is 0 Å². The fourth-order valence-electron chi connectivity index (χ4n) is 4.58. The zero-order valence-electron chi connectivity index (χ0n) is 19.6. The van der Waals surface area contributed by atoms with Crippen molar-refractivity contribution in [1.29, 1.82) is 0 Å². The Morgan fingerprint density at radius 1 is 1.03 bits per heavy atom. The summed E-state index contributed by atoms with van der Waals surface area (Å²) in [6, 6.07) is 11.8. The van der Waals surface area contributed by atoms with Gasteiger partial charge in [-0.1, -0.05) is 6.07 Å². The largest absolute Gasteiger partial charge is 0.462 e. The summed E-state index contributed by atoms with van der Waals surface area (Å²) in [5.41, 5.74) is 3.56. The van der Waals surface area contributed by atoms with Crippen molar-refractivity contribution < 1.29 is 22.7 Å². The van der Waals surface area contributed by atoms with Crippen molar-refractivity contribution >= 4 is 33.3 Å². The number of hydrogen-bond acceptors (Lipinski definition) is 6. The molecule has 0 aromatic heterocycles. The van der Waals surface area contributed by atoms with E-state index in [4.69, 9.17) is 4.74 Å². The van der Waals surface area contributed by atoms with E-state index >= 15 is 0 Å². The average Bonchev–Trinajstić information content (AvgIpc) is 3.26. The first-order valence-electron chi connectivity index (χ1n) is 11.8. The number of carbonyl (C=O) groups excluding carboxylic acids is 2. The van der Waals surface area contributed by atoms with Crippen molar-refractivity contribution in [3.05, 3.63) is 53.6 Å². The van der Waals surface area contributed by atoms with Crippen LogP contribution in [0.4, 0.5) is 11.4 Å². The smallest absolute Gasteiger partial charge is 0.338 e. The summed E-state index contributed by atoms with van der Waals surface area (Å²) in [5.74, 6) is -0.797. The molecular weight excluding hydrogens is 454 g/mol. The third-order valence-electron chi connectivity index (χ3n) is 6.55. The minimum Gasteiger partial charge on any atom is -0.462 e. The van der Waals surface area contributed by atoms with Gasteiger partial charge >= 0.3 is 5.97 Å². The van der Waals surface area contributed by atoms with Crippen LogP contribution in [-0.4, -0.2) is 57.4 Å². The molecule has 34 heavy (non-hydrogen) atoms. The van der Waals surface area contributed by atoms with Crippen LogP contribution in [0.2, 0.25) is 0 Å². The highest BCUT2D eigenvalue weighted by Crippen LogP contribution is 2.31. The Hall–Kier alpha value is -2.91. The van der Waals surface area contributed by atoms with Crippen molar-refractivity contribution in [2.45, 2.75) is 38.0 Å². The van der Waals surface area contributed by atoms with Crippen LogP contribution in [-0.2, 0) is 26.0 Å². The minimum absolute atomic E-state index is 0.0724. The molecule has 0 unspecified atom stereocenters. The summed E-state index contributed by atoms with van der Waals surface area (Å²) in [6.45, 7) is 6.57. The van der Waals surface area contributed by atoms with Gasteiger partial charge in [0.15, 0.2) is 0 Å². The third-order valence-corrected chi connectivity index (χ3v) is 8.47. The summed E-state index contributed by atoms with van der Waals surface area (Å²) >= 11 is 0. The topological polar surface area (TPSA) is 96.0 Å². The highest BCUT2D eigenvalue weighted by Gasteiger charge is 2.32. The fourth-order valence-corrected chi connectivity index (χ4v) is 6.05. The number of sulfonamides is 1. The maximum atomic E-state index is 13.0. The van der Waals surface area contributed by atoms with E-state index < -0.39 is 16.0 Å². The molecule has 0 radical (unpaired) electrons. The summed E-state index contributed by atoms with van der Waals surface area (Å²) in [4.78, 5) is 27.1. The lowest BCUT2D eigenvalue weighted by molar-refractivity contribution is -0.120. The normalized spacial score (nSPS) is 16.8. The highest BCUT2D eigenvalue weighted by molar-refractivity contribution is 7.89. The van der Waals surface area contributed by atoms with Crippen LogP contribution in [0, 0.1) is 5.92 Å². The monoisotopic (exact) mass is 485 g/mol. The van der Waals surface area contributed by atoms with Crippen molar-refractivity contribution in [2.75, 3.05) is 43.0 Å². The number of esters is 1. The van der Waals surface area contributed by atoms with Gasteiger partial charge in [-0.15, -0.1) is 0 Å². The van der Waals surface area contributed by atoms with Crippen molar-refractivity contribution in [1.82, 2.24) is 4.31 Å². The Morgan fingerprint density at radius 2 is 1.74 bits per heavy atom. The number of nitrogens with one attached hydrogen (secondary N) is 1. The Labute approximate surface area is 200 Å². The SMILES string of the molecule is CCOC(=O)c1ccc(S(=O)(=O)N2CCC(C(=O)Nc3ccc4c(c3)N(CC)CC4)CC2)cc1. The standard InChI is InChI=1S/C25H31N3O5S/c1-3-27-14-11-18-5-8-21(17-23(18)27)26-24(29)19-12-15-28(16-13-19)34(31,32)22-9-6-20(7-10-22)25(30)33-4-2/h5-10,17,19H,3-4,11-16H2,1-2H3,(H,26,29). The van der Waals surface area contributed by atoms with E-state index in [1.807, 2.05) is 12.1 Å². The molecule has 182 valence electrons. The molecule has 0 spiro atoms. The van der Waals surface area contributed by atoms with Gasteiger partial charge in [0.1, 0.15) is 0 Å². The molecule has 0 aliphatic carbocycles. The molecule has 1 amide bonds. The Kier molecular flexibility index (Phi) is 7.23. The molecule has 2 aromatic rings. The van der Waals surface area contributed by atoms with Crippen molar-refractivity contribution in [2.24, 2.45) is 5.92 Å². The van der Waals surface area contributed by atoms with Gasteiger partial charge in [0.2, 0.25) is 15.9 Å². The molecule has 8 nitrogen and oxygen atoms in total. The van der Waals surface area contributed by atoms with E-state index in [1.165, 1.54) is 39.8 Å². The number of hydrogen-bond donors (Lipinski definition) is 1. The molecule has 2 aliphatic rings. The summed E-state index contributed by atoms with van der Waals surface area (Å²) in [6.07, 6.45) is 1.94. The summed E-state index contributed by atoms with van der Waals surface area (Å²) < 4.78 is 32.4. The zero-order valence-corrected chi connectivity index (χ0v) is 20.4. The van der Waals surface area contributed by atoms with Gasteiger partial charge in [0, 0.05) is 43.5 Å². The van der Waals surface area contributed by atoms with Gasteiger partial charge in [-0.3, -0.25) is 4.79 Å². The third kappa shape index (κ3) is 4.95. The molecule has 4 rings (SSSR count). The molecule has 2 aromatic carbocycles. The van der Waals surface area contributed by atoms with Crippen LogP contribution in [0.3, 0.4) is 0 Å². The minimum atomic E-state index is -3.70. The first kappa shape index (κ1) is 24.2. The number of ether oxygens (including phenoxy) is 1. The van der Waals surface area contributed by atoms with Gasteiger partial charge in [0.05, 0.1) is 17.1 Å². The quantitative estimate of drug-likeness (QED) is 0.605. The second kappa shape index (κ2) is 10.1. The van der Waals surface area contributed by atoms with E-state index in [0.29, 0.717) is 18.4 Å². The predicted molar refractivity (Wildman–Crippen MR) is 131 cm³/mol. The van der Waals surface area contributed by atoms with Gasteiger partial charge in [-0.2, -0.15) is 4.31 Å². The van der Waals surface area contributed by atoms with Crippen LogP contribution in [0.1, 0.15) is 42.6 Å². The van der Waals surface area contributed by atoms with Gasteiger partial charge in [0.25, 0.3) is 0 Å². The Morgan fingerprint density at radius 3 is 2.38 bits per heavy atom. The van der Waals surface area contributed by atoms with E-state index in [9.17, 15) is 18.0 Å². The second-order valence-electron chi connectivity index (χ2n) is 8.59. The summed E-state index contributed by atoms with van der Waals surface area (Å²) in [7, 11) is -3.70. The maximum Gasteiger partial charge on any atom is 0.338 e. The van der Waals surface area contributed by atoms with Gasteiger partial charge in [-0.05, 0) is 75.1 Å². The predicted octanol–water partition coefficient (Wildman–Crippen LogP) is 3.29. The maximum absolute atomic E-state index is 13.0. The molecule has 1 fully saturated rings. The molecular formula is C25H31N3O5S. The molecule has 0 atom stereocenters. The highest BCUT2D eigenvalue weighted by atomic mass is 32.2. The number of amides is 1. The van der Waals surface area contributed by atoms with E-state index in [0.717, 1.165) is 25.2 Å². The average molecular weight is 486 g/mol. The fraction of sp³-hybridized carbons (Fsp3) is 0.440. The van der Waals surface area contributed by atoms with Gasteiger partial charge < -0.3 is 15.0 Å². The van der Waals surface area contributed by atoms with Crippen molar-refractivity contribution in [3.63, 3.8) is 0 Å². The molecule has 1 N–H and O–H groups in total.